The van der Waals surface area contributed by atoms with E-state index in [4.69, 9.17) is 4.74 Å². The molecule has 7 nitrogen and oxygen atoms in total. The van der Waals surface area contributed by atoms with Gasteiger partial charge in [0, 0.05) is 22.6 Å². The molecule has 2 aromatic carbocycles. The summed E-state index contributed by atoms with van der Waals surface area (Å²) in [6.45, 7) is 0.228. The molecule has 0 bridgehead atoms. The highest BCUT2D eigenvalue weighted by atomic mass is 79.9. The lowest BCUT2D eigenvalue weighted by Crippen LogP contribution is -2.49. The van der Waals surface area contributed by atoms with Crippen LogP contribution in [0, 0.1) is 10.1 Å². The van der Waals surface area contributed by atoms with Crippen molar-refractivity contribution in [1.82, 2.24) is 5.32 Å². The molecule has 2 aromatic rings. The second-order valence-corrected chi connectivity index (χ2v) is 7.05. The maximum absolute atomic E-state index is 11.8. The fourth-order valence-electron chi connectivity index (χ4n) is 2.78. The van der Waals surface area contributed by atoms with Crippen molar-refractivity contribution < 1.29 is 14.5 Å². The number of amides is 1. The number of halogens is 1. The van der Waals surface area contributed by atoms with E-state index in [1.807, 2.05) is 30.3 Å². The van der Waals surface area contributed by atoms with Gasteiger partial charge >= 0.3 is 6.09 Å². The predicted molar refractivity (Wildman–Crippen MR) is 101 cm³/mol. The van der Waals surface area contributed by atoms with Gasteiger partial charge < -0.3 is 15.4 Å². The van der Waals surface area contributed by atoms with Gasteiger partial charge in [0.15, 0.2) is 0 Å². The Labute approximate surface area is 159 Å². The lowest BCUT2D eigenvalue weighted by molar-refractivity contribution is -0.384. The van der Waals surface area contributed by atoms with E-state index < -0.39 is 11.0 Å². The zero-order chi connectivity index (χ0) is 18.5. The van der Waals surface area contributed by atoms with Crippen LogP contribution in [0.15, 0.2) is 53.0 Å². The lowest BCUT2D eigenvalue weighted by Gasteiger charge is -2.36. The van der Waals surface area contributed by atoms with E-state index in [1.165, 1.54) is 6.07 Å². The third-order valence-electron chi connectivity index (χ3n) is 4.19. The first-order valence-corrected chi connectivity index (χ1v) is 8.98. The topological polar surface area (TPSA) is 93.5 Å². The Kier molecular flexibility index (Phi) is 5.72. The fourth-order valence-corrected chi connectivity index (χ4v) is 3.13. The maximum Gasteiger partial charge on any atom is 0.407 e. The van der Waals surface area contributed by atoms with Crippen molar-refractivity contribution in [1.29, 1.82) is 0 Å². The summed E-state index contributed by atoms with van der Waals surface area (Å²) in [4.78, 5) is 22.5. The number of nitrogens with one attached hydrogen (secondary N) is 2. The molecule has 0 spiro atoms. The zero-order valence-electron chi connectivity index (χ0n) is 13.9. The van der Waals surface area contributed by atoms with Crippen LogP contribution in [0.1, 0.15) is 18.4 Å². The predicted octanol–water partition coefficient (Wildman–Crippen LogP) is 4.23. The van der Waals surface area contributed by atoms with Crippen LogP contribution in [-0.4, -0.2) is 23.1 Å². The summed E-state index contributed by atoms with van der Waals surface area (Å²) in [6, 6.07) is 14.4. The molecule has 0 aromatic heterocycles. The van der Waals surface area contributed by atoms with Gasteiger partial charge in [-0.1, -0.05) is 46.3 Å². The molecule has 0 saturated heterocycles. The van der Waals surface area contributed by atoms with Gasteiger partial charge in [-0.2, -0.15) is 0 Å². The molecule has 0 heterocycles. The van der Waals surface area contributed by atoms with E-state index in [9.17, 15) is 14.9 Å². The summed E-state index contributed by atoms with van der Waals surface area (Å²) in [5.41, 5.74) is 1.43. The lowest BCUT2D eigenvalue weighted by atomic mass is 9.86. The highest BCUT2D eigenvalue weighted by Gasteiger charge is 2.32. The number of ether oxygens (including phenoxy) is 1. The molecule has 1 fully saturated rings. The molecule has 136 valence electrons. The Hall–Kier alpha value is -2.61. The summed E-state index contributed by atoms with van der Waals surface area (Å²) in [5.74, 6) is 0. The van der Waals surface area contributed by atoms with Crippen LogP contribution in [-0.2, 0) is 11.3 Å². The third kappa shape index (κ3) is 4.72. The molecule has 1 aliphatic rings. The number of rotatable bonds is 6. The first-order chi connectivity index (χ1) is 12.5. The van der Waals surface area contributed by atoms with Gasteiger partial charge in [0.2, 0.25) is 0 Å². The zero-order valence-corrected chi connectivity index (χ0v) is 15.4. The van der Waals surface area contributed by atoms with Crippen LogP contribution in [0.4, 0.5) is 16.2 Å². The van der Waals surface area contributed by atoms with Gasteiger partial charge in [-0.05, 0) is 30.5 Å². The van der Waals surface area contributed by atoms with Gasteiger partial charge in [-0.15, -0.1) is 0 Å². The molecule has 1 amide bonds. The van der Waals surface area contributed by atoms with Crippen LogP contribution >= 0.6 is 15.9 Å². The van der Waals surface area contributed by atoms with Crippen molar-refractivity contribution in [2.24, 2.45) is 0 Å². The van der Waals surface area contributed by atoms with Crippen molar-refractivity contribution in [2.45, 2.75) is 31.5 Å². The SMILES string of the molecule is O=C(NC1CC(Nc2ccc(Br)cc2[N+](=O)[O-])C1)OCc1ccccc1. The third-order valence-corrected chi connectivity index (χ3v) is 4.68. The molecular formula is C18H18BrN3O4. The summed E-state index contributed by atoms with van der Waals surface area (Å²) in [7, 11) is 0. The standard InChI is InChI=1S/C18H18BrN3O4/c19-13-6-7-16(17(8-13)22(24)25)20-14-9-15(10-14)21-18(23)26-11-12-4-2-1-3-5-12/h1-8,14-15,20H,9-11H2,(H,21,23). The molecule has 1 aliphatic carbocycles. The number of anilines is 1. The quantitative estimate of drug-likeness (QED) is 0.539. The normalized spacial score (nSPS) is 18.5. The van der Waals surface area contributed by atoms with E-state index in [2.05, 4.69) is 26.6 Å². The molecular weight excluding hydrogens is 402 g/mol. The first kappa shape index (κ1) is 18.2. The van der Waals surface area contributed by atoms with Gasteiger partial charge in [-0.3, -0.25) is 10.1 Å². The Balaban J connectivity index is 1.43. The van der Waals surface area contributed by atoms with Crippen molar-refractivity contribution in [3.05, 3.63) is 68.7 Å². The Morgan fingerprint density at radius 2 is 1.92 bits per heavy atom. The number of hydrogen-bond donors (Lipinski definition) is 2. The number of hydrogen-bond acceptors (Lipinski definition) is 5. The molecule has 3 rings (SSSR count). The number of nitro groups is 1. The van der Waals surface area contributed by atoms with Crippen molar-refractivity contribution in [3.63, 3.8) is 0 Å². The Bertz CT molecular complexity index is 794. The van der Waals surface area contributed by atoms with Crippen LogP contribution in [0.5, 0.6) is 0 Å². The highest BCUT2D eigenvalue weighted by Crippen LogP contribution is 2.32. The number of alkyl carbamates (subject to hydrolysis) is 1. The van der Waals surface area contributed by atoms with Crippen molar-refractivity contribution in [2.75, 3.05) is 5.32 Å². The molecule has 1 saturated carbocycles. The molecule has 8 heteroatoms. The van der Waals surface area contributed by atoms with E-state index in [1.54, 1.807) is 12.1 Å². The Morgan fingerprint density at radius 1 is 1.19 bits per heavy atom. The summed E-state index contributed by atoms with van der Waals surface area (Å²) >= 11 is 3.24. The maximum atomic E-state index is 11.8. The number of benzene rings is 2. The van der Waals surface area contributed by atoms with Crippen molar-refractivity contribution in [3.8, 4) is 0 Å². The van der Waals surface area contributed by atoms with Crippen molar-refractivity contribution >= 4 is 33.4 Å². The fraction of sp³-hybridized carbons (Fsp3) is 0.278. The highest BCUT2D eigenvalue weighted by molar-refractivity contribution is 9.10. The van der Waals surface area contributed by atoms with Crippen LogP contribution in [0.3, 0.4) is 0 Å². The minimum Gasteiger partial charge on any atom is -0.445 e. The van der Waals surface area contributed by atoms with Crippen LogP contribution < -0.4 is 10.6 Å². The molecule has 0 aliphatic heterocycles. The van der Waals surface area contributed by atoms with E-state index >= 15 is 0 Å². The van der Waals surface area contributed by atoms with Crippen LogP contribution in [0.25, 0.3) is 0 Å². The van der Waals surface area contributed by atoms with Gasteiger partial charge in [0.1, 0.15) is 12.3 Å². The van der Waals surface area contributed by atoms with Gasteiger partial charge in [0.25, 0.3) is 5.69 Å². The molecule has 0 atom stereocenters. The summed E-state index contributed by atoms with van der Waals surface area (Å²) < 4.78 is 5.84. The number of nitro benzene ring substituents is 1. The van der Waals surface area contributed by atoms with E-state index in [0.717, 1.165) is 5.56 Å². The number of carbonyl (C=O) groups is 1. The van der Waals surface area contributed by atoms with Crippen LogP contribution in [0.2, 0.25) is 0 Å². The summed E-state index contributed by atoms with van der Waals surface area (Å²) in [6.07, 6.45) is 0.924. The monoisotopic (exact) mass is 419 g/mol. The average molecular weight is 420 g/mol. The Morgan fingerprint density at radius 3 is 2.62 bits per heavy atom. The second-order valence-electron chi connectivity index (χ2n) is 6.13. The minimum absolute atomic E-state index is 0.00489. The van der Waals surface area contributed by atoms with E-state index in [0.29, 0.717) is 23.0 Å². The smallest absolute Gasteiger partial charge is 0.407 e. The first-order valence-electron chi connectivity index (χ1n) is 8.19. The molecule has 2 N–H and O–H groups in total. The van der Waals surface area contributed by atoms with Gasteiger partial charge in [-0.25, -0.2) is 4.79 Å². The average Bonchev–Trinajstić information content (AvgIpc) is 2.60. The largest absolute Gasteiger partial charge is 0.445 e. The molecule has 0 unspecified atom stereocenters. The number of carbonyl (C=O) groups excluding carboxylic acids is 1. The minimum atomic E-state index is -0.452. The summed E-state index contributed by atoms with van der Waals surface area (Å²) in [5, 5.41) is 17.1. The van der Waals surface area contributed by atoms with Gasteiger partial charge in [0.05, 0.1) is 4.92 Å². The number of nitrogens with zero attached hydrogens (tertiary/aromatic N) is 1. The van der Waals surface area contributed by atoms with E-state index in [-0.39, 0.29) is 24.4 Å². The second kappa shape index (κ2) is 8.18. The molecule has 26 heavy (non-hydrogen) atoms. The molecule has 0 radical (unpaired) electrons.